The van der Waals surface area contributed by atoms with E-state index in [0.29, 0.717) is 19.8 Å². The molecule has 0 saturated heterocycles. The molecule has 100 valence electrons. The molecule has 0 aliphatic rings. The summed E-state index contributed by atoms with van der Waals surface area (Å²) in [5.74, 6) is -0.410. The molecule has 0 aliphatic carbocycles. The average molecular weight is 282 g/mol. The molecule has 7 nitrogen and oxygen atoms in total. The van der Waals surface area contributed by atoms with Crippen molar-refractivity contribution in [2.45, 2.75) is 0 Å². The molecule has 0 rings (SSSR count). The molecule has 2 N–H and O–H groups in total. The van der Waals surface area contributed by atoms with Gasteiger partial charge >= 0.3 is 29.6 Å². The van der Waals surface area contributed by atoms with Crippen molar-refractivity contribution in [1.82, 2.24) is 0 Å². The third-order valence-corrected chi connectivity index (χ3v) is 2.15. The van der Waals surface area contributed by atoms with Crippen molar-refractivity contribution in [3.05, 3.63) is 0 Å². The standard InChI is InChI=1S/C8H18O7S.Na.H/c9-1-2-13-3-4-14-5-6-15-7-8-16(10,11)12;;/h9H,1-8H2,(H,10,11,12);;/q;+1;-1. The van der Waals surface area contributed by atoms with Gasteiger partial charge in [-0.05, 0) is 0 Å². The van der Waals surface area contributed by atoms with Crippen LogP contribution in [0, 0.1) is 0 Å². The Bertz CT molecular complexity index is 250. The topological polar surface area (TPSA) is 102 Å². The van der Waals surface area contributed by atoms with E-state index >= 15 is 0 Å². The smallest absolute Gasteiger partial charge is 1.00 e. The first-order valence-electron chi connectivity index (χ1n) is 4.85. The fourth-order valence-electron chi connectivity index (χ4n) is 0.771. The Morgan fingerprint density at radius 3 is 1.71 bits per heavy atom. The summed E-state index contributed by atoms with van der Waals surface area (Å²) in [6.07, 6.45) is 0. The van der Waals surface area contributed by atoms with Gasteiger partial charge < -0.3 is 20.7 Å². The summed E-state index contributed by atoms with van der Waals surface area (Å²) in [5.41, 5.74) is 0. The van der Waals surface area contributed by atoms with Crippen LogP contribution >= 0.6 is 0 Å². The Kier molecular flexibility index (Phi) is 15.6. The van der Waals surface area contributed by atoms with E-state index in [1.54, 1.807) is 0 Å². The second kappa shape index (κ2) is 13.2. The molecule has 17 heavy (non-hydrogen) atoms. The summed E-state index contributed by atoms with van der Waals surface area (Å²) in [6.45, 7) is 1.59. The van der Waals surface area contributed by atoms with Crippen molar-refractivity contribution < 1.29 is 63.3 Å². The maximum Gasteiger partial charge on any atom is 1.00 e. The van der Waals surface area contributed by atoms with Gasteiger partial charge in [-0.25, -0.2) is 0 Å². The molecule has 0 aromatic rings. The molecule has 0 aromatic carbocycles. The van der Waals surface area contributed by atoms with Crippen LogP contribution in [-0.2, 0) is 24.3 Å². The maximum atomic E-state index is 10.3. The second-order valence-corrected chi connectivity index (χ2v) is 4.42. The van der Waals surface area contributed by atoms with Crippen LogP contribution in [0.4, 0.5) is 0 Å². The van der Waals surface area contributed by atoms with Crippen molar-refractivity contribution in [3.63, 3.8) is 0 Å². The molecule has 0 saturated carbocycles. The van der Waals surface area contributed by atoms with Crippen LogP contribution in [0.5, 0.6) is 0 Å². The van der Waals surface area contributed by atoms with Crippen LogP contribution in [-0.4, -0.2) is 70.1 Å². The van der Waals surface area contributed by atoms with Crippen molar-refractivity contribution in [2.75, 3.05) is 52.0 Å². The van der Waals surface area contributed by atoms with Gasteiger partial charge in [-0.15, -0.1) is 0 Å². The van der Waals surface area contributed by atoms with E-state index in [1.165, 1.54) is 0 Å². The number of ether oxygens (including phenoxy) is 3. The summed E-state index contributed by atoms with van der Waals surface area (Å²) in [4.78, 5) is 0. The Labute approximate surface area is 125 Å². The molecule has 0 radical (unpaired) electrons. The van der Waals surface area contributed by atoms with Crippen LogP contribution in [0.15, 0.2) is 0 Å². The molecule has 0 aromatic heterocycles. The predicted octanol–water partition coefficient (Wildman–Crippen LogP) is -3.97. The van der Waals surface area contributed by atoms with Crippen LogP contribution in [0.1, 0.15) is 1.43 Å². The quantitative estimate of drug-likeness (QED) is 0.226. The zero-order valence-electron chi connectivity index (χ0n) is 11.0. The molecule has 0 unspecified atom stereocenters. The van der Waals surface area contributed by atoms with Crippen molar-refractivity contribution in [1.29, 1.82) is 0 Å². The van der Waals surface area contributed by atoms with Crippen LogP contribution < -0.4 is 29.6 Å². The maximum absolute atomic E-state index is 10.3. The fraction of sp³-hybridized carbons (Fsp3) is 1.00. The summed E-state index contributed by atoms with van der Waals surface area (Å²) in [5, 5.41) is 8.38. The van der Waals surface area contributed by atoms with Crippen molar-refractivity contribution in [2.24, 2.45) is 0 Å². The first kappa shape index (κ1) is 20.1. The van der Waals surface area contributed by atoms with E-state index < -0.39 is 15.9 Å². The molecule has 0 fully saturated rings. The van der Waals surface area contributed by atoms with E-state index in [-0.39, 0.29) is 57.4 Å². The van der Waals surface area contributed by atoms with Gasteiger partial charge in [-0.3, -0.25) is 4.55 Å². The summed E-state index contributed by atoms with van der Waals surface area (Å²) >= 11 is 0. The van der Waals surface area contributed by atoms with Gasteiger partial charge in [0.05, 0.1) is 52.0 Å². The Morgan fingerprint density at radius 1 is 0.882 bits per heavy atom. The largest absolute Gasteiger partial charge is 1.00 e. The fourth-order valence-corrected chi connectivity index (χ4v) is 1.10. The third kappa shape index (κ3) is 19.3. The minimum Gasteiger partial charge on any atom is -1.00 e. The van der Waals surface area contributed by atoms with E-state index in [4.69, 9.17) is 23.9 Å². The van der Waals surface area contributed by atoms with Gasteiger partial charge in [-0.2, -0.15) is 8.42 Å². The van der Waals surface area contributed by atoms with E-state index in [2.05, 4.69) is 0 Å². The average Bonchev–Trinajstić information content (AvgIpc) is 2.19. The van der Waals surface area contributed by atoms with Gasteiger partial charge in [0.1, 0.15) is 0 Å². The minimum atomic E-state index is -3.94. The summed E-state index contributed by atoms with van der Waals surface area (Å²) in [6, 6.07) is 0. The van der Waals surface area contributed by atoms with Crippen LogP contribution in [0.25, 0.3) is 0 Å². The molecule has 0 aliphatic heterocycles. The van der Waals surface area contributed by atoms with Gasteiger partial charge in [0.25, 0.3) is 10.1 Å². The molecule has 0 atom stereocenters. The van der Waals surface area contributed by atoms with Gasteiger partial charge in [0, 0.05) is 0 Å². The molecule has 0 amide bonds. The SMILES string of the molecule is O=S(=O)(O)CCOCCOCCOCCO.[H-].[Na+]. The van der Waals surface area contributed by atoms with E-state index in [9.17, 15) is 8.42 Å². The number of aliphatic hydroxyl groups is 1. The van der Waals surface area contributed by atoms with Gasteiger partial charge in [-0.1, -0.05) is 0 Å². The van der Waals surface area contributed by atoms with Gasteiger partial charge in [0.2, 0.25) is 0 Å². The molecule has 0 heterocycles. The first-order valence-corrected chi connectivity index (χ1v) is 6.46. The van der Waals surface area contributed by atoms with E-state index in [1.807, 2.05) is 0 Å². The molecular formula is C8H19NaO7S. The van der Waals surface area contributed by atoms with E-state index in [0.717, 1.165) is 0 Å². The predicted molar refractivity (Wildman–Crippen MR) is 57.1 cm³/mol. The third-order valence-electron chi connectivity index (χ3n) is 1.47. The Balaban J connectivity index is -0.00000112. The van der Waals surface area contributed by atoms with Crippen molar-refractivity contribution >= 4 is 10.1 Å². The first-order chi connectivity index (χ1) is 7.56. The second-order valence-electron chi connectivity index (χ2n) is 2.85. The van der Waals surface area contributed by atoms with Crippen LogP contribution in [0.3, 0.4) is 0 Å². The Hall–Kier alpha value is 0.750. The Morgan fingerprint density at radius 2 is 1.29 bits per heavy atom. The summed E-state index contributed by atoms with van der Waals surface area (Å²) in [7, 11) is -3.94. The van der Waals surface area contributed by atoms with Crippen molar-refractivity contribution in [3.8, 4) is 0 Å². The number of hydrogen-bond acceptors (Lipinski definition) is 6. The van der Waals surface area contributed by atoms with Gasteiger partial charge in [0.15, 0.2) is 0 Å². The molecule has 9 heteroatoms. The minimum absolute atomic E-state index is 0. The molecular weight excluding hydrogens is 263 g/mol. The zero-order valence-corrected chi connectivity index (χ0v) is 12.8. The molecule has 0 bridgehead atoms. The number of rotatable bonds is 11. The normalized spacial score (nSPS) is 11.2. The number of aliphatic hydroxyl groups excluding tert-OH is 1. The molecule has 0 spiro atoms. The summed E-state index contributed by atoms with van der Waals surface area (Å²) < 4.78 is 43.8. The zero-order chi connectivity index (χ0) is 12.3. The monoisotopic (exact) mass is 282 g/mol. The number of hydrogen-bond donors (Lipinski definition) is 2. The van der Waals surface area contributed by atoms with Crippen LogP contribution in [0.2, 0.25) is 0 Å².